The first-order valence-electron chi connectivity index (χ1n) is 7.88. The predicted octanol–water partition coefficient (Wildman–Crippen LogP) is 2.13. The minimum Gasteiger partial charge on any atom is -0.481 e. The third-order valence-electron chi connectivity index (χ3n) is 4.30. The second kappa shape index (κ2) is 6.26. The Morgan fingerprint density at radius 3 is 2.59 bits per heavy atom. The molecule has 2 heterocycles. The van der Waals surface area contributed by atoms with Crippen LogP contribution in [0, 0.1) is 6.92 Å². The van der Waals surface area contributed by atoms with Crippen LogP contribution in [0.1, 0.15) is 25.3 Å². The molecule has 0 aliphatic carbocycles. The highest BCUT2D eigenvalue weighted by Gasteiger charge is 2.41. The van der Waals surface area contributed by atoms with Gasteiger partial charge in [-0.3, -0.25) is 4.79 Å². The molecular formula is C17H23NO4. The van der Waals surface area contributed by atoms with E-state index in [0.29, 0.717) is 26.3 Å². The fraction of sp³-hybridized carbons (Fsp3) is 0.588. The van der Waals surface area contributed by atoms with E-state index in [-0.39, 0.29) is 5.91 Å². The van der Waals surface area contributed by atoms with Gasteiger partial charge in [-0.25, -0.2) is 0 Å². The maximum atomic E-state index is 12.5. The summed E-state index contributed by atoms with van der Waals surface area (Å²) in [5.41, 5.74) is 1.12. The molecule has 0 radical (unpaired) electrons. The smallest absolute Gasteiger partial charge is 0.263 e. The molecule has 2 aliphatic heterocycles. The predicted molar refractivity (Wildman–Crippen MR) is 81.7 cm³/mol. The average molecular weight is 305 g/mol. The molecule has 2 fully saturated rings. The Bertz CT molecular complexity index is 529. The lowest BCUT2D eigenvalue weighted by molar-refractivity contribution is -0.188. The largest absolute Gasteiger partial charge is 0.481 e. The summed E-state index contributed by atoms with van der Waals surface area (Å²) < 4.78 is 17.1. The lowest BCUT2D eigenvalue weighted by Gasteiger charge is -2.38. The Labute approximate surface area is 131 Å². The van der Waals surface area contributed by atoms with Crippen LogP contribution in [-0.4, -0.2) is 49.0 Å². The summed E-state index contributed by atoms with van der Waals surface area (Å²) in [5, 5.41) is 0. The number of benzene rings is 1. The van der Waals surface area contributed by atoms with Gasteiger partial charge >= 0.3 is 0 Å². The molecule has 1 spiro atoms. The summed E-state index contributed by atoms with van der Waals surface area (Å²) in [6.07, 6.45) is 0.979. The number of carbonyl (C=O) groups excluding carboxylic acids is 1. The highest BCUT2D eigenvalue weighted by atomic mass is 16.7. The lowest BCUT2D eigenvalue weighted by Crippen LogP contribution is -2.50. The van der Waals surface area contributed by atoms with E-state index in [0.717, 1.165) is 24.2 Å². The summed E-state index contributed by atoms with van der Waals surface area (Å²) in [4.78, 5) is 14.4. The molecule has 1 aromatic rings. The molecule has 0 aromatic heterocycles. The summed E-state index contributed by atoms with van der Waals surface area (Å²) in [5.74, 6) is 0.309. The Morgan fingerprint density at radius 1 is 1.27 bits per heavy atom. The molecule has 3 rings (SSSR count). The topological polar surface area (TPSA) is 48.0 Å². The van der Waals surface area contributed by atoms with Crippen LogP contribution in [0.3, 0.4) is 0 Å². The molecule has 0 N–H and O–H groups in total. The number of rotatable bonds is 3. The number of piperidine rings is 1. The molecule has 5 heteroatoms. The van der Waals surface area contributed by atoms with Gasteiger partial charge in [0, 0.05) is 25.9 Å². The Balaban J connectivity index is 1.55. The van der Waals surface area contributed by atoms with Crippen LogP contribution in [0.25, 0.3) is 0 Å². The molecule has 1 amide bonds. The number of nitrogens with zero attached hydrogens (tertiary/aromatic N) is 1. The van der Waals surface area contributed by atoms with Gasteiger partial charge in [0.25, 0.3) is 5.91 Å². The van der Waals surface area contributed by atoms with Crippen molar-refractivity contribution in [2.24, 2.45) is 0 Å². The SMILES string of the molecule is Cc1cccc(O[C@@H](C)C(=O)N2CCC3(CC2)OCCO3)c1. The fourth-order valence-electron chi connectivity index (χ4n) is 3.05. The molecule has 0 unspecified atom stereocenters. The third kappa shape index (κ3) is 3.25. The van der Waals surface area contributed by atoms with Crippen molar-refractivity contribution in [2.75, 3.05) is 26.3 Å². The van der Waals surface area contributed by atoms with Crippen molar-refractivity contribution in [3.05, 3.63) is 29.8 Å². The van der Waals surface area contributed by atoms with Crippen LogP contribution < -0.4 is 4.74 Å². The first-order chi connectivity index (χ1) is 10.6. The molecule has 22 heavy (non-hydrogen) atoms. The zero-order valence-electron chi connectivity index (χ0n) is 13.2. The molecule has 120 valence electrons. The van der Waals surface area contributed by atoms with Crippen molar-refractivity contribution in [3.8, 4) is 5.75 Å². The monoisotopic (exact) mass is 305 g/mol. The van der Waals surface area contributed by atoms with Gasteiger partial charge < -0.3 is 19.1 Å². The maximum Gasteiger partial charge on any atom is 0.263 e. The van der Waals surface area contributed by atoms with Gasteiger partial charge in [-0.15, -0.1) is 0 Å². The van der Waals surface area contributed by atoms with Crippen LogP contribution in [0.5, 0.6) is 5.75 Å². The van der Waals surface area contributed by atoms with E-state index in [2.05, 4.69) is 0 Å². The molecule has 2 aliphatic rings. The van der Waals surface area contributed by atoms with E-state index < -0.39 is 11.9 Å². The van der Waals surface area contributed by atoms with E-state index in [9.17, 15) is 4.79 Å². The quantitative estimate of drug-likeness (QED) is 0.858. The Kier molecular flexibility index (Phi) is 4.36. The number of amides is 1. The first-order valence-corrected chi connectivity index (χ1v) is 7.88. The first kappa shape index (κ1) is 15.3. The molecule has 2 saturated heterocycles. The second-order valence-corrected chi connectivity index (χ2v) is 6.01. The van der Waals surface area contributed by atoms with Crippen molar-refractivity contribution >= 4 is 5.91 Å². The van der Waals surface area contributed by atoms with Crippen molar-refractivity contribution in [1.29, 1.82) is 0 Å². The van der Waals surface area contributed by atoms with Gasteiger partial charge in [-0.2, -0.15) is 0 Å². The summed E-state index contributed by atoms with van der Waals surface area (Å²) >= 11 is 0. The van der Waals surface area contributed by atoms with Gasteiger partial charge in [0.05, 0.1) is 13.2 Å². The third-order valence-corrected chi connectivity index (χ3v) is 4.30. The number of likely N-dealkylation sites (tertiary alicyclic amines) is 1. The van der Waals surface area contributed by atoms with E-state index in [1.54, 1.807) is 6.92 Å². The molecular weight excluding hydrogens is 282 g/mol. The molecule has 0 saturated carbocycles. The minimum absolute atomic E-state index is 0.0225. The maximum absolute atomic E-state index is 12.5. The Morgan fingerprint density at radius 2 is 1.95 bits per heavy atom. The molecule has 1 atom stereocenters. The van der Waals surface area contributed by atoms with Gasteiger partial charge in [0.15, 0.2) is 11.9 Å². The second-order valence-electron chi connectivity index (χ2n) is 6.01. The van der Waals surface area contributed by atoms with Gasteiger partial charge in [0.2, 0.25) is 0 Å². The van der Waals surface area contributed by atoms with Crippen molar-refractivity contribution in [1.82, 2.24) is 4.90 Å². The van der Waals surface area contributed by atoms with E-state index in [1.807, 2.05) is 36.1 Å². The van der Waals surface area contributed by atoms with Crippen LogP contribution in [0.4, 0.5) is 0 Å². The fourth-order valence-corrected chi connectivity index (χ4v) is 3.05. The zero-order valence-corrected chi connectivity index (χ0v) is 13.2. The number of carbonyl (C=O) groups is 1. The average Bonchev–Trinajstić information content (AvgIpc) is 2.95. The molecule has 1 aromatic carbocycles. The number of aryl methyl sites for hydroxylation is 1. The molecule has 0 bridgehead atoms. The minimum atomic E-state index is -0.485. The van der Waals surface area contributed by atoms with Crippen molar-refractivity contribution in [2.45, 2.75) is 38.6 Å². The molecule has 5 nitrogen and oxygen atoms in total. The summed E-state index contributed by atoms with van der Waals surface area (Å²) in [6.45, 7) is 6.42. The van der Waals surface area contributed by atoms with Crippen LogP contribution >= 0.6 is 0 Å². The van der Waals surface area contributed by atoms with Crippen molar-refractivity contribution in [3.63, 3.8) is 0 Å². The lowest BCUT2D eigenvalue weighted by atomic mass is 10.0. The summed E-state index contributed by atoms with van der Waals surface area (Å²) in [7, 11) is 0. The van der Waals surface area contributed by atoms with E-state index >= 15 is 0 Å². The van der Waals surface area contributed by atoms with E-state index in [1.165, 1.54) is 0 Å². The van der Waals surface area contributed by atoms with Crippen LogP contribution in [0.15, 0.2) is 24.3 Å². The number of ether oxygens (including phenoxy) is 3. The number of hydrogen-bond acceptors (Lipinski definition) is 4. The van der Waals surface area contributed by atoms with Crippen molar-refractivity contribution < 1.29 is 19.0 Å². The van der Waals surface area contributed by atoms with Gasteiger partial charge in [-0.1, -0.05) is 12.1 Å². The van der Waals surface area contributed by atoms with Gasteiger partial charge in [-0.05, 0) is 31.5 Å². The van der Waals surface area contributed by atoms with Crippen LogP contribution in [0.2, 0.25) is 0 Å². The van der Waals surface area contributed by atoms with Crippen LogP contribution in [-0.2, 0) is 14.3 Å². The Hall–Kier alpha value is -1.59. The zero-order chi connectivity index (χ0) is 15.6. The highest BCUT2D eigenvalue weighted by Crippen LogP contribution is 2.31. The standard InChI is InChI=1S/C17H23NO4/c1-13-4-3-5-15(12-13)22-14(2)16(19)18-8-6-17(7-9-18)20-10-11-21-17/h3-5,12,14H,6-11H2,1-2H3/t14-/m0/s1. The van der Waals surface area contributed by atoms with E-state index in [4.69, 9.17) is 14.2 Å². The number of hydrogen-bond donors (Lipinski definition) is 0. The summed E-state index contributed by atoms with van der Waals surface area (Å²) in [6, 6.07) is 7.75. The highest BCUT2D eigenvalue weighted by molar-refractivity contribution is 5.81. The normalized spacial score (nSPS) is 21.8. The van der Waals surface area contributed by atoms with Gasteiger partial charge in [0.1, 0.15) is 5.75 Å².